The number of methoxy groups -OCH3 is 1. The first kappa shape index (κ1) is 19.7. The van der Waals surface area contributed by atoms with Gasteiger partial charge in [0.05, 0.1) is 12.1 Å². The van der Waals surface area contributed by atoms with Gasteiger partial charge in [0.25, 0.3) is 0 Å². The summed E-state index contributed by atoms with van der Waals surface area (Å²) in [4.78, 5) is 10.1. The summed E-state index contributed by atoms with van der Waals surface area (Å²) < 4.78 is 5.65. The highest BCUT2D eigenvalue weighted by molar-refractivity contribution is 7.11. The van der Waals surface area contributed by atoms with Crippen LogP contribution in [-0.2, 0) is 11.8 Å². The van der Waals surface area contributed by atoms with Gasteiger partial charge in [0.15, 0.2) is 5.96 Å². The Labute approximate surface area is 166 Å². The van der Waals surface area contributed by atoms with Crippen LogP contribution in [0.3, 0.4) is 0 Å². The molecule has 0 aliphatic heterocycles. The highest BCUT2D eigenvalue weighted by Gasteiger charge is 2.37. The van der Waals surface area contributed by atoms with Gasteiger partial charge in [0, 0.05) is 48.6 Å². The van der Waals surface area contributed by atoms with E-state index in [4.69, 9.17) is 4.74 Å². The van der Waals surface area contributed by atoms with Crippen molar-refractivity contribution in [3.05, 3.63) is 45.9 Å². The number of aryl methyl sites for hydroxylation is 1. The van der Waals surface area contributed by atoms with Crippen molar-refractivity contribution < 1.29 is 4.74 Å². The summed E-state index contributed by atoms with van der Waals surface area (Å²) in [5.41, 5.74) is 1.42. The monoisotopic (exact) mass is 386 g/mol. The number of aliphatic imine (C=N–C) groups is 1. The van der Waals surface area contributed by atoms with Crippen LogP contribution in [0.15, 0.2) is 35.5 Å². The van der Waals surface area contributed by atoms with Gasteiger partial charge in [-0.2, -0.15) is 0 Å². The minimum absolute atomic E-state index is 0.108. The van der Waals surface area contributed by atoms with Gasteiger partial charge in [0.1, 0.15) is 5.75 Å². The number of benzene rings is 1. The molecule has 27 heavy (non-hydrogen) atoms. The Morgan fingerprint density at radius 3 is 2.70 bits per heavy atom. The topological polar surface area (TPSA) is 58.5 Å². The summed E-state index contributed by atoms with van der Waals surface area (Å²) in [6.45, 7) is 3.78. The van der Waals surface area contributed by atoms with Gasteiger partial charge < -0.3 is 15.4 Å². The molecule has 0 saturated heterocycles. The second-order valence-electron chi connectivity index (χ2n) is 7.15. The van der Waals surface area contributed by atoms with Crippen LogP contribution in [0.1, 0.15) is 41.1 Å². The van der Waals surface area contributed by atoms with Crippen molar-refractivity contribution in [2.45, 2.75) is 44.4 Å². The van der Waals surface area contributed by atoms with Crippen LogP contribution in [0.4, 0.5) is 0 Å². The number of ether oxygens (including phenoxy) is 1. The van der Waals surface area contributed by atoms with Crippen molar-refractivity contribution >= 4 is 17.3 Å². The Balaban J connectivity index is 1.61. The zero-order chi connectivity index (χ0) is 19.1. The standard InChI is InChI=1S/C21H30N4OS/c1-16-14-24-19(27-16)10-13-23-20(22-2)25-15-21(11-6-7-12-21)17-8-4-5-9-18(17)26-3/h4-5,8-9,14H,6-7,10-13,15H2,1-3H3,(H2,22,23,25). The number of guanidine groups is 1. The van der Waals surface area contributed by atoms with Crippen molar-refractivity contribution in [1.82, 2.24) is 15.6 Å². The summed E-state index contributed by atoms with van der Waals surface area (Å²) >= 11 is 1.76. The molecule has 1 aliphatic carbocycles. The van der Waals surface area contributed by atoms with E-state index in [1.54, 1.807) is 18.4 Å². The molecule has 3 rings (SSSR count). The summed E-state index contributed by atoms with van der Waals surface area (Å²) in [6, 6.07) is 8.44. The van der Waals surface area contributed by atoms with E-state index in [0.29, 0.717) is 0 Å². The lowest BCUT2D eigenvalue weighted by Crippen LogP contribution is -2.45. The quantitative estimate of drug-likeness (QED) is 0.563. The number of para-hydroxylation sites is 1. The molecule has 2 aromatic rings. The highest BCUT2D eigenvalue weighted by atomic mass is 32.1. The van der Waals surface area contributed by atoms with E-state index in [2.05, 4.69) is 45.7 Å². The Bertz CT molecular complexity index is 765. The van der Waals surface area contributed by atoms with Crippen LogP contribution >= 0.6 is 11.3 Å². The number of thiazole rings is 1. The number of rotatable bonds is 7. The van der Waals surface area contributed by atoms with Crippen molar-refractivity contribution in [2.24, 2.45) is 4.99 Å². The predicted molar refractivity (Wildman–Crippen MR) is 113 cm³/mol. The largest absolute Gasteiger partial charge is 0.496 e. The predicted octanol–water partition coefficient (Wildman–Crippen LogP) is 3.68. The average Bonchev–Trinajstić information content (AvgIpc) is 3.34. The number of nitrogens with zero attached hydrogens (tertiary/aromatic N) is 2. The first-order chi connectivity index (χ1) is 13.2. The van der Waals surface area contributed by atoms with E-state index in [1.807, 2.05) is 19.3 Å². The fourth-order valence-electron chi connectivity index (χ4n) is 3.95. The van der Waals surface area contributed by atoms with Crippen LogP contribution < -0.4 is 15.4 Å². The third-order valence-corrected chi connectivity index (χ3v) is 6.33. The molecule has 1 aromatic carbocycles. The Hall–Kier alpha value is -2.08. The average molecular weight is 387 g/mol. The first-order valence-corrected chi connectivity index (χ1v) is 10.5. The summed E-state index contributed by atoms with van der Waals surface area (Å²) in [6.07, 6.45) is 7.72. The third-order valence-electron chi connectivity index (χ3n) is 5.36. The van der Waals surface area contributed by atoms with Crippen LogP contribution in [-0.4, -0.2) is 38.2 Å². The zero-order valence-corrected chi connectivity index (χ0v) is 17.4. The van der Waals surface area contributed by atoms with E-state index in [0.717, 1.165) is 36.2 Å². The number of aromatic nitrogens is 1. The molecule has 1 fully saturated rings. The molecule has 1 aromatic heterocycles. The molecule has 1 heterocycles. The molecular weight excluding hydrogens is 356 g/mol. The molecule has 146 valence electrons. The molecule has 0 spiro atoms. The second kappa shape index (κ2) is 9.22. The molecule has 2 N–H and O–H groups in total. The van der Waals surface area contributed by atoms with Gasteiger partial charge >= 0.3 is 0 Å². The van der Waals surface area contributed by atoms with Crippen LogP contribution in [0.2, 0.25) is 0 Å². The van der Waals surface area contributed by atoms with Crippen LogP contribution in [0.25, 0.3) is 0 Å². The molecule has 0 amide bonds. The maximum atomic E-state index is 5.65. The molecule has 0 radical (unpaired) electrons. The molecule has 1 saturated carbocycles. The third kappa shape index (κ3) is 4.80. The lowest BCUT2D eigenvalue weighted by molar-refractivity contribution is 0.371. The number of hydrogen-bond acceptors (Lipinski definition) is 4. The minimum Gasteiger partial charge on any atom is -0.496 e. The van der Waals surface area contributed by atoms with E-state index >= 15 is 0 Å². The lowest BCUT2D eigenvalue weighted by atomic mass is 9.78. The van der Waals surface area contributed by atoms with E-state index < -0.39 is 0 Å². The van der Waals surface area contributed by atoms with Gasteiger partial charge in [-0.15, -0.1) is 11.3 Å². The lowest BCUT2D eigenvalue weighted by Gasteiger charge is -2.32. The first-order valence-electron chi connectivity index (χ1n) is 9.66. The molecule has 0 unspecified atom stereocenters. The summed E-state index contributed by atoms with van der Waals surface area (Å²) in [5, 5.41) is 8.15. The summed E-state index contributed by atoms with van der Waals surface area (Å²) in [7, 11) is 3.59. The highest BCUT2D eigenvalue weighted by Crippen LogP contribution is 2.44. The smallest absolute Gasteiger partial charge is 0.191 e. The van der Waals surface area contributed by atoms with Crippen molar-refractivity contribution in [2.75, 3.05) is 27.2 Å². The van der Waals surface area contributed by atoms with Gasteiger partial charge in [-0.25, -0.2) is 4.98 Å². The fraction of sp³-hybridized carbons (Fsp3) is 0.524. The van der Waals surface area contributed by atoms with Gasteiger partial charge in [0.2, 0.25) is 0 Å². The van der Waals surface area contributed by atoms with E-state index in [9.17, 15) is 0 Å². The Morgan fingerprint density at radius 2 is 2.04 bits per heavy atom. The molecule has 6 heteroatoms. The molecular formula is C21H30N4OS. The van der Waals surface area contributed by atoms with Crippen molar-refractivity contribution in [3.63, 3.8) is 0 Å². The second-order valence-corrected chi connectivity index (χ2v) is 8.47. The maximum absolute atomic E-state index is 5.65. The SMILES string of the molecule is CN=C(NCCc1ncc(C)s1)NCC1(c2ccccc2OC)CCCC1. The summed E-state index contributed by atoms with van der Waals surface area (Å²) in [5.74, 6) is 1.84. The Kier molecular flexibility index (Phi) is 6.72. The zero-order valence-electron chi connectivity index (χ0n) is 16.5. The number of hydrogen-bond donors (Lipinski definition) is 2. The van der Waals surface area contributed by atoms with Gasteiger partial charge in [-0.1, -0.05) is 31.0 Å². The van der Waals surface area contributed by atoms with Gasteiger partial charge in [-0.05, 0) is 25.8 Å². The Morgan fingerprint density at radius 1 is 1.26 bits per heavy atom. The van der Waals surface area contributed by atoms with Gasteiger partial charge in [-0.3, -0.25) is 4.99 Å². The van der Waals surface area contributed by atoms with Crippen molar-refractivity contribution in [1.29, 1.82) is 0 Å². The maximum Gasteiger partial charge on any atom is 0.191 e. The molecule has 1 aliphatic rings. The number of nitrogens with one attached hydrogen (secondary N) is 2. The minimum atomic E-state index is 0.108. The van der Waals surface area contributed by atoms with E-state index in [1.165, 1.54) is 36.1 Å². The molecule has 5 nitrogen and oxygen atoms in total. The van der Waals surface area contributed by atoms with Crippen LogP contribution in [0, 0.1) is 6.92 Å². The normalized spacial score (nSPS) is 16.3. The fourth-order valence-corrected chi connectivity index (χ4v) is 4.74. The van der Waals surface area contributed by atoms with E-state index in [-0.39, 0.29) is 5.41 Å². The molecule has 0 atom stereocenters. The van der Waals surface area contributed by atoms with Crippen LogP contribution in [0.5, 0.6) is 5.75 Å². The molecule has 0 bridgehead atoms. The van der Waals surface area contributed by atoms with Crippen molar-refractivity contribution in [3.8, 4) is 5.75 Å².